The minimum Gasteiger partial charge on any atom is -0.329 e. The summed E-state index contributed by atoms with van der Waals surface area (Å²) in [6.07, 6.45) is 1.60. The van der Waals surface area contributed by atoms with Gasteiger partial charge < -0.3 is 5.73 Å². The molecule has 5 heteroatoms. The molecule has 0 aliphatic heterocycles. The van der Waals surface area contributed by atoms with E-state index in [0.29, 0.717) is 12.6 Å². The average molecular weight is 197 g/mol. The molecule has 14 heavy (non-hydrogen) atoms. The smallest absolute Gasteiger partial charge is 0.141 e. The summed E-state index contributed by atoms with van der Waals surface area (Å²) in [4.78, 5) is 6.37. The zero-order valence-electron chi connectivity index (χ0n) is 9.14. The van der Waals surface area contributed by atoms with Crippen molar-refractivity contribution in [3.63, 3.8) is 0 Å². The Bertz CT molecular complexity index is 268. The molecule has 0 saturated carbocycles. The lowest BCUT2D eigenvalue weighted by atomic mass is 10.4. The molecule has 0 bridgehead atoms. The predicted octanol–water partition coefficient (Wildman–Crippen LogP) is 0.250. The van der Waals surface area contributed by atoms with Crippen molar-refractivity contribution in [2.75, 3.05) is 20.1 Å². The number of rotatable bonds is 5. The number of aromatic nitrogens is 3. The minimum absolute atomic E-state index is 0.360. The highest BCUT2D eigenvalue weighted by Gasteiger charge is 2.09. The van der Waals surface area contributed by atoms with Crippen molar-refractivity contribution in [2.45, 2.75) is 26.4 Å². The molecule has 0 aliphatic rings. The van der Waals surface area contributed by atoms with E-state index < -0.39 is 0 Å². The van der Waals surface area contributed by atoms with Crippen molar-refractivity contribution in [3.05, 3.63) is 12.2 Å². The largest absolute Gasteiger partial charge is 0.329 e. The molecule has 0 fully saturated rings. The Morgan fingerprint density at radius 2 is 2.29 bits per heavy atom. The molecule has 1 heterocycles. The van der Waals surface area contributed by atoms with Crippen LogP contribution < -0.4 is 5.73 Å². The first-order valence-electron chi connectivity index (χ1n) is 4.92. The van der Waals surface area contributed by atoms with Gasteiger partial charge in [0.15, 0.2) is 0 Å². The topological polar surface area (TPSA) is 60.0 Å². The van der Waals surface area contributed by atoms with Gasteiger partial charge in [0.05, 0.1) is 6.54 Å². The molecule has 5 nitrogen and oxygen atoms in total. The molecule has 80 valence electrons. The van der Waals surface area contributed by atoms with Crippen LogP contribution >= 0.6 is 0 Å². The lowest BCUT2D eigenvalue weighted by molar-refractivity contribution is 0.314. The Kier molecular flexibility index (Phi) is 4.03. The standard InChI is InChI=1S/C9H19N5/c1-8(2)14-9(11-7-12-14)6-13(3)5-4-10/h7-8H,4-6,10H2,1-3H3. The molecule has 0 aromatic carbocycles. The number of hydrogen-bond acceptors (Lipinski definition) is 4. The second-order valence-corrected chi connectivity index (χ2v) is 3.74. The fourth-order valence-electron chi connectivity index (χ4n) is 1.36. The second-order valence-electron chi connectivity index (χ2n) is 3.74. The molecule has 1 rings (SSSR count). The van der Waals surface area contributed by atoms with E-state index in [1.54, 1.807) is 6.33 Å². The quantitative estimate of drug-likeness (QED) is 0.735. The number of hydrogen-bond donors (Lipinski definition) is 1. The van der Waals surface area contributed by atoms with Gasteiger partial charge in [0.25, 0.3) is 0 Å². The van der Waals surface area contributed by atoms with E-state index in [1.165, 1.54) is 0 Å². The van der Waals surface area contributed by atoms with Gasteiger partial charge in [-0.15, -0.1) is 0 Å². The van der Waals surface area contributed by atoms with Crippen LogP contribution in [0.4, 0.5) is 0 Å². The van der Waals surface area contributed by atoms with Crippen molar-refractivity contribution < 1.29 is 0 Å². The molecule has 0 atom stereocenters. The van der Waals surface area contributed by atoms with Crippen LogP contribution in [0.1, 0.15) is 25.7 Å². The molecule has 1 aromatic rings. The SMILES string of the molecule is CC(C)n1ncnc1CN(C)CCN. The first-order valence-corrected chi connectivity index (χ1v) is 4.92. The molecule has 0 saturated heterocycles. The lowest BCUT2D eigenvalue weighted by Gasteiger charge is -2.16. The minimum atomic E-state index is 0.360. The highest BCUT2D eigenvalue weighted by molar-refractivity contribution is 4.86. The Balaban J connectivity index is 2.61. The molecule has 0 aliphatic carbocycles. The normalized spacial score (nSPS) is 11.6. The fraction of sp³-hybridized carbons (Fsp3) is 0.778. The van der Waals surface area contributed by atoms with Crippen molar-refractivity contribution in [3.8, 4) is 0 Å². The molecule has 1 aromatic heterocycles. The Morgan fingerprint density at radius 3 is 2.86 bits per heavy atom. The summed E-state index contributed by atoms with van der Waals surface area (Å²) in [6.45, 7) is 6.55. The molecule has 2 N–H and O–H groups in total. The van der Waals surface area contributed by atoms with E-state index in [0.717, 1.165) is 18.9 Å². The van der Waals surface area contributed by atoms with Gasteiger partial charge in [-0.25, -0.2) is 9.67 Å². The molecule has 0 radical (unpaired) electrons. The van der Waals surface area contributed by atoms with E-state index in [1.807, 2.05) is 11.7 Å². The van der Waals surface area contributed by atoms with E-state index in [-0.39, 0.29) is 0 Å². The van der Waals surface area contributed by atoms with Crippen molar-refractivity contribution in [1.82, 2.24) is 19.7 Å². The first kappa shape index (κ1) is 11.1. The van der Waals surface area contributed by atoms with E-state index >= 15 is 0 Å². The van der Waals surface area contributed by atoms with Gasteiger partial charge in [0, 0.05) is 19.1 Å². The van der Waals surface area contributed by atoms with E-state index in [2.05, 4.69) is 28.8 Å². The lowest BCUT2D eigenvalue weighted by Crippen LogP contribution is -2.27. The molecular weight excluding hydrogens is 178 g/mol. The number of nitrogens with zero attached hydrogens (tertiary/aromatic N) is 4. The van der Waals surface area contributed by atoms with Gasteiger partial charge in [-0.2, -0.15) is 5.10 Å². The summed E-state index contributed by atoms with van der Waals surface area (Å²) >= 11 is 0. The van der Waals surface area contributed by atoms with Gasteiger partial charge in [-0.3, -0.25) is 4.90 Å². The fourth-order valence-corrected chi connectivity index (χ4v) is 1.36. The first-order chi connectivity index (χ1) is 6.65. The van der Waals surface area contributed by atoms with Crippen LogP contribution in [-0.2, 0) is 6.54 Å². The van der Waals surface area contributed by atoms with Crippen LogP contribution in [0, 0.1) is 0 Å². The summed E-state index contributed by atoms with van der Waals surface area (Å²) in [7, 11) is 2.03. The summed E-state index contributed by atoms with van der Waals surface area (Å²) in [5.41, 5.74) is 5.47. The summed E-state index contributed by atoms with van der Waals surface area (Å²) < 4.78 is 1.94. The van der Waals surface area contributed by atoms with Crippen molar-refractivity contribution in [2.24, 2.45) is 5.73 Å². The predicted molar refractivity (Wildman–Crippen MR) is 55.8 cm³/mol. The summed E-state index contributed by atoms with van der Waals surface area (Å²) in [5.74, 6) is 0.996. The van der Waals surface area contributed by atoms with Gasteiger partial charge in [0.2, 0.25) is 0 Å². The molecule has 0 spiro atoms. The summed E-state index contributed by atoms with van der Waals surface area (Å²) in [6, 6.07) is 0.360. The van der Waals surface area contributed by atoms with Crippen molar-refractivity contribution >= 4 is 0 Å². The maximum Gasteiger partial charge on any atom is 0.141 e. The highest BCUT2D eigenvalue weighted by Crippen LogP contribution is 2.06. The third-order valence-corrected chi connectivity index (χ3v) is 2.06. The van der Waals surface area contributed by atoms with Gasteiger partial charge >= 0.3 is 0 Å². The van der Waals surface area contributed by atoms with E-state index in [4.69, 9.17) is 5.73 Å². The van der Waals surface area contributed by atoms with Crippen LogP contribution in [0.15, 0.2) is 6.33 Å². The van der Waals surface area contributed by atoms with Gasteiger partial charge in [-0.1, -0.05) is 0 Å². The third-order valence-electron chi connectivity index (χ3n) is 2.06. The number of likely N-dealkylation sites (N-methyl/N-ethyl adjacent to an activating group) is 1. The van der Waals surface area contributed by atoms with E-state index in [9.17, 15) is 0 Å². The monoisotopic (exact) mass is 197 g/mol. The molecular formula is C9H19N5. The average Bonchev–Trinajstić information content (AvgIpc) is 2.52. The van der Waals surface area contributed by atoms with Gasteiger partial charge in [-0.05, 0) is 20.9 Å². The molecule has 0 unspecified atom stereocenters. The van der Waals surface area contributed by atoms with Crippen LogP contribution in [0.3, 0.4) is 0 Å². The highest BCUT2D eigenvalue weighted by atomic mass is 15.4. The third kappa shape index (κ3) is 2.78. The van der Waals surface area contributed by atoms with Crippen LogP contribution in [0.25, 0.3) is 0 Å². The summed E-state index contributed by atoms with van der Waals surface area (Å²) in [5, 5.41) is 4.18. The zero-order valence-corrected chi connectivity index (χ0v) is 9.14. The van der Waals surface area contributed by atoms with Crippen LogP contribution in [-0.4, -0.2) is 39.8 Å². The molecule has 0 amide bonds. The number of nitrogens with two attached hydrogens (primary N) is 1. The van der Waals surface area contributed by atoms with Gasteiger partial charge in [0.1, 0.15) is 12.2 Å². The Hall–Kier alpha value is -0.940. The van der Waals surface area contributed by atoms with Crippen LogP contribution in [0.2, 0.25) is 0 Å². The Morgan fingerprint density at radius 1 is 1.57 bits per heavy atom. The van der Waals surface area contributed by atoms with Crippen LogP contribution in [0.5, 0.6) is 0 Å². The maximum atomic E-state index is 5.47. The Labute approximate surface area is 84.9 Å². The second kappa shape index (κ2) is 5.07. The van der Waals surface area contributed by atoms with Crippen molar-refractivity contribution in [1.29, 1.82) is 0 Å². The zero-order chi connectivity index (χ0) is 10.6. The maximum absolute atomic E-state index is 5.47.